The molecule has 10 heteroatoms. The Labute approximate surface area is 225 Å². The van der Waals surface area contributed by atoms with Crippen LogP contribution in [0.25, 0.3) is 0 Å². The van der Waals surface area contributed by atoms with Crippen molar-refractivity contribution in [1.29, 1.82) is 0 Å². The minimum atomic E-state index is -0.422. The molecule has 0 N–H and O–H groups in total. The second kappa shape index (κ2) is 9.38. The first-order valence-electron chi connectivity index (χ1n) is 13.3. The minimum Gasteiger partial charge on any atom is -0.497 e. The lowest BCUT2D eigenvalue weighted by molar-refractivity contribution is -0.390. The molecule has 5 fully saturated rings. The smallest absolute Gasteiger partial charge is 0.404 e. The van der Waals surface area contributed by atoms with Crippen LogP contribution in [0.1, 0.15) is 50.5 Å². The molecular formula is C27H34BrN5O4. The van der Waals surface area contributed by atoms with Crippen molar-refractivity contribution < 1.29 is 14.5 Å². The summed E-state index contributed by atoms with van der Waals surface area (Å²) in [7, 11) is 1.69. The van der Waals surface area contributed by atoms with Crippen LogP contribution in [0, 0.1) is 27.4 Å². The van der Waals surface area contributed by atoms with Gasteiger partial charge in [-0.2, -0.15) is 4.68 Å². The summed E-state index contributed by atoms with van der Waals surface area (Å²) in [4.78, 5) is 29.1. The Bertz CT molecular complexity index is 1190. The molecule has 2 aromatic rings. The number of ether oxygens (including phenoxy) is 1. The number of hydrogen-bond donors (Lipinski definition) is 0. The van der Waals surface area contributed by atoms with Crippen LogP contribution in [0.2, 0.25) is 0 Å². The Morgan fingerprint density at radius 3 is 2.57 bits per heavy atom. The first-order valence-corrected chi connectivity index (χ1v) is 14.1. The number of rotatable bonds is 7. The summed E-state index contributed by atoms with van der Waals surface area (Å²) >= 11 is 3.34. The molecule has 1 aromatic heterocycles. The predicted molar refractivity (Wildman–Crippen MR) is 141 cm³/mol. The van der Waals surface area contributed by atoms with Gasteiger partial charge in [0.15, 0.2) is 0 Å². The van der Waals surface area contributed by atoms with Gasteiger partial charge in [-0.1, -0.05) is 12.1 Å². The average Bonchev–Trinajstić information content (AvgIpc) is 3.26. The molecule has 198 valence electrons. The molecular weight excluding hydrogens is 538 g/mol. The zero-order valence-electron chi connectivity index (χ0n) is 21.3. The normalized spacial score (nSPS) is 31.0. The van der Waals surface area contributed by atoms with Gasteiger partial charge in [-0.15, -0.1) is 0 Å². The van der Waals surface area contributed by atoms with Crippen LogP contribution in [0.3, 0.4) is 0 Å². The fourth-order valence-electron chi connectivity index (χ4n) is 8.20. The Balaban J connectivity index is 1.12. The largest absolute Gasteiger partial charge is 0.497 e. The highest BCUT2D eigenvalue weighted by Crippen LogP contribution is 2.65. The zero-order valence-corrected chi connectivity index (χ0v) is 22.9. The summed E-state index contributed by atoms with van der Waals surface area (Å²) in [6.45, 7) is 4.12. The molecule has 9 nitrogen and oxygen atoms in total. The number of carbonyl (C=O) groups excluding carboxylic acids is 1. The second-order valence-electron chi connectivity index (χ2n) is 11.9. The monoisotopic (exact) mass is 571 g/mol. The third kappa shape index (κ3) is 4.67. The molecule has 1 aliphatic heterocycles. The number of carbonyl (C=O) groups is 1. The van der Waals surface area contributed by atoms with E-state index in [9.17, 15) is 14.9 Å². The van der Waals surface area contributed by atoms with E-state index in [0.29, 0.717) is 22.7 Å². The molecule has 4 bridgehead atoms. The van der Waals surface area contributed by atoms with Crippen molar-refractivity contribution in [3.05, 3.63) is 50.6 Å². The maximum atomic E-state index is 13.6. The summed E-state index contributed by atoms with van der Waals surface area (Å²) in [6.07, 6.45) is 8.69. The summed E-state index contributed by atoms with van der Waals surface area (Å²) in [5.41, 5.74) is 0.992. The second-order valence-corrected chi connectivity index (χ2v) is 12.7. The summed E-state index contributed by atoms with van der Waals surface area (Å²) in [6, 6.07) is 8.18. The van der Waals surface area contributed by atoms with E-state index in [1.807, 2.05) is 16.8 Å². The first kappa shape index (κ1) is 24.9. The molecule has 2 unspecified atom stereocenters. The Morgan fingerprint density at radius 2 is 1.92 bits per heavy atom. The van der Waals surface area contributed by atoms with E-state index in [0.717, 1.165) is 70.6 Å². The molecule has 0 radical (unpaired) electrons. The van der Waals surface area contributed by atoms with Gasteiger partial charge in [0.1, 0.15) is 10.2 Å². The number of halogens is 1. The fraction of sp³-hybridized carbons (Fsp3) is 0.630. The standard InChI is InChI=1S/C27H34BrN5O4/c1-37-22-4-2-3-19(10-22)16-30-5-7-31(8-6-30)24(34)15-26-11-20-9-21(12-26)14-27(13-20,18-26)32-17-23(28)25(29-32)33(35)36/h2-4,10,17,20-21H,5-9,11-16,18H2,1H3. The quantitative estimate of drug-likeness (QED) is 0.356. The van der Waals surface area contributed by atoms with Crippen LogP contribution >= 0.6 is 15.9 Å². The maximum Gasteiger partial charge on any atom is 0.404 e. The van der Waals surface area contributed by atoms with Crippen molar-refractivity contribution in [3.8, 4) is 5.75 Å². The summed E-state index contributed by atoms with van der Waals surface area (Å²) < 4.78 is 7.66. The molecule has 0 spiro atoms. The van der Waals surface area contributed by atoms with Gasteiger partial charge in [0, 0.05) is 39.1 Å². The van der Waals surface area contributed by atoms with E-state index in [-0.39, 0.29) is 22.7 Å². The van der Waals surface area contributed by atoms with Gasteiger partial charge in [0.2, 0.25) is 5.91 Å². The fourth-order valence-corrected chi connectivity index (χ4v) is 8.62. The molecule has 5 aliphatic rings. The van der Waals surface area contributed by atoms with Gasteiger partial charge in [-0.05, 0) is 94.3 Å². The van der Waals surface area contributed by atoms with Crippen LogP contribution in [-0.2, 0) is 16.9 Å². The molecule has 4 aliphatic carbocycles. The van der Waals surface area contributed by atoms with Gasteiger partial charge >= 0.3 is 5.82 Å². The minimum absolute atomic E-state index is 0.0217. The molecule has 4 saturated carbocycles. The van der Waals surface area contributed by atoms with Crippen molar-refractivity contribution in [1.82, 2.24) is 19.6 Å². The van der Waals surface area contributed by atoms with Crippen LogP contribution in [-0.4, -0.2) is 63.7 Å². The molecule has 1 aromatic carbocycles. The third-order valence-electron chi connectivity index (χ3n) is 9.25. The lowest BCUT2D eigenvalue weighted by Crippen LogP contribution is -2.58. The van der Waals surface area contributed by atoms with E-state index in [2.05, 4.69) is 43.0 Å². The lowest BCUT2D eigenvalue weighted by atomic mass is 9.46. The van der Waals surface area contributed by atoms with Gasteiger partial charge in [0.05, 0.1) is 23.9 Å². The predicted octanol–water partition coefficient (Wildman–Crippen LogP) is 4.59. The molecule has 2 atom stereocenters. The van der Waals surface area contributed by atoms with Crippen molar-refractivity contribution in [2.45, 2.75) is 57.0 Å². The SMILES string of the molecule is COc1cccc(CN2CCN(C(=O)CC34CC5CC(C3)CC(n3cc(Br)c([N+](=O)[O-])n3)(C5)C4)CC2)c1. The van der Waals surface area contributed by atoms with Gasteiger partial charge < -0.3 is 19.8 Å². The topological polar surface area (TPSA) is 93.7 Å². The van der Waals surface area contributed by atoms with E-state index in [1.165, 1.54) is 12.0 Å². The number of aromatic nitrogens is 2. The van der Waals surface area contributed by atoms with E-state index in [1.54, 1.807) is 13.3 Å². The molecule has 1 saturated heterocycles. The number of methoxy groups -OCH3 is 1. The van der Waals surface area contributed by atoms with Crippen LogP contribution < -0.4 is 4.74 Å². The first-order chi connectivity index (χ1) is 17.8. The highest BCUT2D eigenvalue weighted by molar-refractivity contribution is 9.10. The van der Waals surface area contributed by atoms with Crippen LogP contribution in [0.4, 0.5) is 5.82 Å². The summed E-state index contributed by atoms with van der Waals surface area (Å²) in [5, 5.41) is 15.9. The third-order valence-corrected chi connectivity index (χ3v) is 9.81. The maximum absolute atomic E-state index is 13.6. The van der Waals surface area contributed by atoms with Crippen molar-refractivity contribution in [2.24, 2.45) is 17.3 Å². The number of benzene rings is 1. The van der Waals surface area contributed by atoms with Crippen molar-refractivity contribution in [2.75, 3.05) is 33.3 Å². The Kier molecular flexibility index (Phi) is 6.30. The molecule has 7 rings (SSSR count). The van der Waals surface area contributed by atoms with Crippen LogP contribution in [0.5, 0.6) is 5.75 Å². The van der Waals surface area contributed by atoms with Crippen molar-refractivity contribution >= 4 is 27.7 Å². The highest BCUT2D eigenvalue weighted by Gasteiger charge is 2.60. The Morgan fingerprint density at radius 1 is 1.19 bits per heavy atom. The van der Waals surface area contributed by atoms with Gasteiger partial charge in [-0.3, -0.25) is 9.69 Å². The van der Waals surface area contributed by atoms with Gasteiger partial charge in [0.25, 0.3) is 0 Å². The number of nitrogens with zero attached hydrogens (tertiary/aromatic N) is 5. The Hall–Kier alpha value is -2.46. The molecule has 1 amide bonds. The number of nitro groups is 1. The van der Waals surface area contributed by atoms with Gasteiger partial charge in [-0.25, -0.2) is 0 Å². The average molecular weight is 573 g/mol. The summed E-state index contributed by atoms with van der Waals surface area (Å²) in [5.74, 6) is 2.15. The van der Waals surface area contributed by atoms with E-state index in [4.69, 9.17) is 4.74 Å². The van der Waals surface area contributed by atoms with E-state index < -0.39 is 4.92 Å². The number of hydrogen-bond acceptors (Lipinski definition) is 6. The van der Waals surface area contributed by atoms with Crippen LogP contribution in [0.15, 0.2) is 34.9 Å². The number of piperazine rings is 1. The zero-order chi connectivity index (χ0) is 25.8. The molecule has 2 heterocycles. The van der Waals surface area contributed by atoms with E-state index >= 15 is 0 Å². The highest BCUT2D eigenvalue weighted by atomic mass is 79.9. The van der Waals surface area contributed by atoms with Crippen molar-refractivity contribution in [3.63, 3.8) is 0 Å². The number of amides is 1. The lowest BCUT2D eigenvalue weighted by Gasteiger charge is -2.61. The molecule has 37 heavy (non-hydrogen) atoms.